The maximum absolute atomic E-state index is 4.06. The minimum Gasteiger partial charge on any atom is -0.265 e. The Hall–Kier alpha value is -3.11. The summed E-state index contributed by atoms with van der Waals surface area (Å²) in [5, 5.41) is 0. The van der Waals surface area contributed by atoms with E-state index >= 15 is 0 Å². The summed E-state index contributed by atoms with van der Waals surface area (Å²) >= 11 is 0. The summed E-state index contributed by atoms with van der Waals surface area (Å²) in [5.74, 6) is 6.68. The zero-order valence-corrected chi connectivity index (χ0v) is 14.6. The molecule has 0 spiro atoms. The van der Waals surface area contributed by atoms with Gasteiger partial charge in [0.2, 0.25) is 0 Å². The first-order chi connectivity index (χ1) is 12.9. The van der Waals surface area contributed by atoms with Crippen LogP contribution in [-0.4, -0.2) is 4.98 Å². The van der Waals surface area contributed by atoms with Gasteiger partial charge in [0.25, 0.3) is 0 Å². The second kappa shape index (κ2) is 6.32. The molecule has 2 aliphatic carbocycles. The fraction of sp³-hybridized carbons (Fsp3) is 0.160. The summed E-state index contributed by atoms with van der Waals surface area (Å²) in [6.45, 7) is 0. The molecule has 0 saturated heterocycles. The highest BCUT2D eigenvalue weighted by atomic mass is 14.6. The lowest BCUT2D eigenvalue weighted by Crippen LogP contribution is -2.11. The van der Waals surface area contributed by atoms with Crippen molar-refractivity contribution in [2.45, 2.75) is 25.7 Å². The number of hydrogen-bond donors (Lipinski definition) is 0. The van der Waals surface area contributed by atoms with Crippen molar-refractivity contribution in [2.75, 3.05) is 0 Å². The van der Waals surface area contributed by atoms with E-state index in [9.17, 15) is 0 Å². The third-order valence-electron chi connectivity index (χ3n) is 5.44. The number of fused-ring (bicyclic) bond motifs is 5. The van der Waals surface area contributed by atoms with Gasteiger partial charge in [-0.3, -0.25) is 4.98 Å². The second-order valence-corrected chi connectivity index (χ2v) is 6.92. The number of hydrogen-bond acceptors (Lipinski definition) is 1. The van der Waals surface area contributed by atoms with Crippen molar-refractivity contribution in [1.29, 1.82) is 0 Å². The van der Waals surface area contributed by atoms with Crippen molar-refractivity contribution >= 4 is 6.08 Å². The SMILES string of the molecule is C(#Cc1cccc2c1CCc1c-2ccc2c1CCC=C2)c1ccncc1. The molecule has 0 amide bonds. The van der Waals surface area contributed by atoms with Crippen LogP contribution >= 0.6 is 0 Å². The molecule has 0 atom stereocenters. The van der Waals surface area contributed by atoms with Crippen molar-refractivity contribution in [2.24, 2.45) is 0 Å². The van der Waals surface area contributed by atoms with Gasteiger partial charge in [-0.1, -0.05) is 48.3 Å². The summed E-state index contributed by atoms with van der Waals surface area (Å²) in [6.07, 6.45) is 12.7. The molecule has 0 fully saturated rings. The fourth-order valence-corrected chi connectivity index (χ4v) is 4.19. The molecule has 0 bridgehead atoms. The van der Waals surface area contributed by atoms with E-state index in [4.69, 9.17) is 0 Å². The van der Waals surface area contributed by atoms with Crippen LogP contribution in [0.4, 0.5) is 0 Å². The zero-order chi connectivity index (χ0) is 17.3. The first kappa shape index (κ1) is 15.2. The molecular formula is C25H19N. The van der Waals surface area contributed by atoms with Gasteiger partial charge in [-0.15, -0.1) is 0 Å². The molecule has 3 aromatic rings. The molecule has 1 heterocycles. The van der Waals surface area contributed by atoms with E-state index in [0.717, 1.165) is 30.4 Å². The van der Waals surface area contributed by atoms with Crippen LogP contribution in [0, 0.1) is 11.8 Å². The van der Waals surface area contributed by atoms with Crippen LogP contribution in [0.3, 0.4) is 0 Å². The summed E-state index contributed by atoms with van der Waals surface area (Å²) in [5.41, 5.74) is 10.9. The van der Waals surface area contributed by atoms with Gasteiger partial charge in [0, 0.05) is 23.5 Å². The van der Waals surface area contributed by atoms with Gasteiger partial charge in [-0.25, -0.2) is 0 Å². The van der Waals surface area contributed by atoms with Gasteiger partial charge in [-0.2, -0.15) is 0 Å². The number of benzene rings is 2. The first-order valence-electron chi connectivity index (χ1n) is 9.26. The lowest BCUT2D eigenvalue weighted by molar-refractivity contribution is 0.885. The largest absolute Gasteiger partial charge is 0.265 e. The highest BCUT2D eigenvalue weighted by Gasteiger charge is 2.22. The normalized spacial score (nSPS) is 13.8. The molecule has 26 heavy (non-hydrogen) atoms. The molecule has 0 unspecified atom stereocenters. The van der Waals surface area contributed by atoms with Gasteiger partial charge in [0.05, 0.1) is 0 Å². The smallest absolute Gasteiger partial charge is 0.0287 e. The molecular weight excluding hydrogens is 314 g/mol. The fourth-order valence-electron chi connectivity index (χ4n) is 4.19. The van der Waals surface area contributed by atoms with Gasteiger partial charge >= 0.3 is 0 Å². The van der Waals surface area contributed by atoms with Crippen LogP contribution in [0.15, 0.2) is 60.9 Å². The van der Waals surface area contributed by atoms with Crippen molar-refractivity contribution < 1.29 is 0 Å². The number of nitrogens with zero attached hydrogens (tertiary/aromatic N) is 1. The van der Waals surface area contributed by atoms with Gasteiger partial charge < -0.3 is 0 Å². The van der Waals surface area contributed by atoms with E-state index in [1.807, 2.05) is 12.1 Å². The van der Waals surface area contributed by atoms with Gasteiger partial charge in [0.1, 0.15) is 0 Å². The molecule has 0 N–H and O–H groups in total. The maximum Gasteiger partial charge on any atom is 0.0287 e. The second-order valence-electron chi connectivity index (χ2n) is 6.92. The van der Waals surface area contributed by atoms with E-state index in [0.29, 0.717) is 0 Å². The zero-order valence-electron chi connectivity index (χ0n) is 14.6. The Labute approximate surface area is 154 Å². The number of pyridine rings is 1. The predicted octanol–water partition coefficient (Wildman–Crippen LogP) is 5.21. The molecule has 1 nitrogen and oxygen atoms in total. The number of rotatable bonds is 0. The molecule has 2 aromatic carbocycles. The lowest BCUT2D eigenvalue weighted by atomic mass is 9.78. The van der Waals surface area contributed by atoms with E-state index in [1.54, 1.807) is 23.5 Å². The Bertz CT molecular complexity index is 1080. The number of allylic oxidation sites excluding steroid dienone is 1. The summed E-state index contributed by atoms with van der Waals surface area (Å²) < 4.78 is 0. The molecule has 0 aliphatic heterocycles. The third kappa shape index (κ3) is 2.55. The van der Waals surface area contributed by atoms with Gasteiger partial charge in [-0.05, 0) is 77.3 Å². The van der Waals surface area contributed by atoms with Crippen molar-refractivity contribution in [3.63, 3.8) is 0 Å². The summed E-state index contributed by atoms with van der Waals surface area (Å²) in [7, 11) is 0. The lowest BCUT2D eigenvalue weighted by Gasteiger charge is -2.26. The standard InChI is InChI=1S/C25H19N/c1-2-6-21-19(4-1)10-11-25-23-7-3-5-20(22(23)12-13-24(21)25)9-8-18-14-16-26-17-15-18/h1,3-5,7,10-11,14-17H,2,6,12-13H2. The van der Waals surface area contributed by atoms with Crippen molar-refractivity contribution in [3.8, 4) is 23.0 Å². The van der Waals surface area contributed by atoms with Crippen LogP contribution in [-0.2, 0) is 19.3 Å². The highest BCUT2D eigenvalue weighted by Crippen LogP contribution is 2.39. The molecule has 1 aromatic heterocycles. The van der Waals surface area contributed by atoms with E-state index < -0.39 is 0 Å². The Morgan fingerprint density at radius 3 is 2.50 bits per heavy atom. The summed E-state index contributed by atoms with van der Waals surface area (Å²) in [6, 6.07) is 15.1. The summed E-state index contributed by atoms with van der Waals surface area (Å²) in [4.78, 5) is 4.06. The van der Waals surface area contributed by atoms with E-state index in [1.165, 1.54) is 28.7 Å². The average molecular weight is 333 g/mol. The predicted molar refractivity (Wildman–Crippen MR) is 107 cm³/mol. The monoisotopic (exact) mass is 333 g/mol. The van der Waals surface area contributed by atoms with E-state index in [2.05, 4.69) is 59.3 Å². The van der Waals surface area contributed by atoms with Gasteiger partial charge in [0.15, 0.2) is 0 Å². The molecule has 124 valence electrons. The minimum atomic E-state index is 1.01. The number of aromatic nitrogens is 1. The van der Waals surface area contributed by atoms with Crippen LogP contribution in [0.2, 0.25) is 0 Å². The molecule has 0 radical (unpaired) electrons. The van der Waals surface area contributed by atoms with Crippen LogP contribution in [0.5, 0.6) is 0 Å². The highest BCUT2D eigenvalue weighted by molar-refractivity contribution is 5.79. The maximum atomic E-state index is 4.06. The van der Waals surface area contributed by atoms with Crippen molar-refractivity contribution in [3.05, 3.63) is 94.3 Å². The first-order valence-corrected chi connectivity index (χ1v) is 9.26. The van der Waals surface area contributed by atoms with Crippen LogP contribution in [0.25, 0.3) is 17.2 Å². The molecule has 0 saturated carbocycles. The third-order valence-corrected chi connectivity index (χ3v) is 5.44. The quantitative estimate of drug-likeness (QED) is 0.515. The van der Waals surface area contributed by atoms with E-state index in [-0.39, 0.29) is 0 Å². The van der Waals surface area contributed by atoms with Crippen LogP contribution in [0.1, 0.15) is 39.8 Å². The molecule has 2 aliphatic rings. The topological polar surface area (TPSA) is 12.9 Å². The Kier molecular flexibility index (Phi) is 3.68. The Morgan fingerprint density at radius 2 is 1.58 bits per heavy atom. The van der Waals surface area contributed by atoms with Crippen molar-refractivity contribution in [1.82, 2.24) is 4.98 Å². The Morgan fingerprint density at radius 1 is 0.731 bits per heavy atom. The van der Waals surface area contributed by atoms with Crippen LogP contribution < -0.4 is 0 Å². The molecule has 1 heteroatoms. The average Bonchev–Trinajstić information content (AvgIpc) is 2.72. The molecule has 5 rings (SSSR count). The minimum absolute atomic E-state index is 1.01. The Balaban J connectivity index is 1.62.